The summed E-state index contributed by atoms with van der Waals surface area (Å²) in [6.07, 6.45) is 3.98. The van der Waals surface area contributed by atoms with E-state index in [0.29, 0.717) is 23.6 Å². The van der Waals surface area contributed by atoms with Crippen molar-refractivity contribution in [3.63, 3.8) is 0 Å². The van der Waals surface area contributed by atoms with E-state index in [1.807, 2.05) is 36.4 Å². The standard InChI is InChI=1S/C23H26N6O2S.C3H8/c1-23(2,3)32-26-14-17-6-5-7-18(27-17)15-8-9-16(13-24)19(12-15)28-20-10-11-25-21(29-20)22(30)31-4;1-3-2/h5-13,24,26H,14H2,1-4H3,(H,25,28,29);3H2,1-2H3. The number of esters is 1. The second-order valence-corrected chi connectivity index (χ2v) is 10.3. The van der Waals surface area contributed by atoms with Crippen molar-refractivity contribution < 1.29 is 9.53 Å². The van der Waals surface area contributed by atoms with Crippen molar-refractivity contribution in [1.29, 1.82) is 5.41 Å². The molecule has 2 aromatic heterocycles. The van der Waals surface area contributed by atoms with E-state index in [1.54, 1.807) is 18.0 Å². The van der Waals surface area contributed by atoms with E-state index in [9.17, 15) is 4.79 Å². The van der Waals surface area contributed by atoms with Crippen LogP contribution in [0.2, 0.25) is 0 Å². The molecule has 0 aliphatic rings. The van der Waals surface area contributed by atoms with Gasteiger partial charge in [-0.05, 0) is 45.0 Å². The molecule has 3 rings (SSSR count). The lowest BCUT2D eigenvalue weighted by atomic mass is 10.1. The number of methoxy groups -OCH3 is 1. The molecule has 0 aliphatic heterocycles. The van der Waals surface area contributed by atoms with Crippen LogP contribution in [-0.2, 0) is 11.3 Å². The fraction of sp³-hybridized carbons (Fsp3) is 0.346. The predicted octanol–water partition coefficient (Wildman–Crippen LogP) is 6.02. The normalized spacial score (nSPS) is 10.7. The summed E-state index contributed by atoms with van der Waals surface area (Å²) >= 11 is 1.67. The van der Waals surface area contributed by atoms with Crippen molar-refractivity contribution in [3.8, 4) is 11.3 Å². The number of anilines is 2. The number of nitrogens with one attached hydrogen (secondary N) is 3. The summed E-state index contributed by atoms with van der Waals surface area (Å²) in [4.78, 5) is 24.6. The Morgan fingerprint density at radius 3 is 2.54 bits per heavy atom. The number of benzene rings is 1. The molecule has 0 bridgehead atoms. The van der Waals surface area contributed by atoms with Crippen LogP contribution < -0.4 is 10.0 Å². The molecule has 9 heteroatoms. The topological polar surface area (TPSA) is 113 Å². The number of hydrogen-bond acceptors (Lipinski definition) is 9. The van der Waals surface area contributed by atoms with Crippen molar-refractivity contribution in [2.75, 3.05) is 12.4 Å². The molecular weight excluding hydrogens is 460 g/mol. The van der Waals surface area contributed by atoms with Gasteiger partial charge in [-0.15, -0.1) is 0 Å². The van der Waals surface area contributed by atoms with Gasteiger partial charge in [-0.25, -0.2) is 14.8 Å². The molecule has 0 radical (unpaired) electrons. The van der Waals surface area contributed by atoms with Crippen LogP contribution in [-0.4, -0.2) is 39.0 Å². The van der Waals surface area contributed by atoms with Gasteiger partial charge in [0.05, 0.1) is 18.5 Å². The second-order valence-electron chi connectivity index (χ2n) is 8.59. The number of pyridine rings is 1. The number of carbonyl (C=O) groups is 1. The van der Waals surface area contributed by atoms with Crippen LogP contribution in [0.1, 0.15) is 62.9 Å². The molecule has 0 saturated carbocycles. The second kappa shape index (κ2) is 13.6. The number of nitrogens with zero attached hydrogens (tertiary/aromatic N) is 3. The molecule has 0 fully saturated rings. The largest absolute Gasteiger partial charge is 0.463 e. The van der Waals surface area contributed by atoms with Crippen molar-refractivity contribution >= 4 is 35.6 Å². The molecule has 3 aromatic rings. The Morgan fingerprint density at radius 1 is 1.14 bits per heavy atom. The Bertz CT molecular complexity index is 1130. The fourth-order valence-electron chi connectivity index (χ4n) is 2.77. The van der Waals surface area contributed by atoms with E-state index < -0.39 is 5.97 Å². The van der Waals surface area contributed by atoms with Gasteiger partial charge < -0.3 is 15.5 Å². The minimum absolute atomic E-state index is 0.0416. The number of rotatable bonds is 8. The molecular formula is C26H34N6O2S. The number of hydrogen-bond donors (Lipinski definition) is 3. The summed E-state index contributed by atoms with van der Waals surface area (Å²) in [5.41, 5.74) is 3.99. The average Bonchev–Trinajstić information content (AvgIpc) is 2.83. The minimum atomic E-state index is -0.617. The highest BCUT2D eigenvalue weighted by molar-refractivity contribution is 7.98. The van der Waals surface area contributed by atoms with E-state index in [0.717, 1.165) is 17.0 Å². The zero-order valence-corrected chi connectivity index (χ0v) is 22.0. The van der Waals surface area contributed by atoms with Gasteiger partial charge in [-0.1, -0.05) is 50.4 Å². The lowest BCUT2D eigenvalue weighted by Crippen LogP contribution is -2.17. The van der Waals surface area contributed by atoms with Crippen molar-refractivity contribution in [2.24, 2.45) is 0 Å². The lowest BCUT2D eigenvalue weighted by Gasteiger charge is -2.17. The van der Waals surface area contributed by atoms with Gasteiger partial charge in [0.25, 0.3) is 0 Å². The van der Waals surface area contributed by atoms with Gasteiger partial charge in [-0.2, -0.15) is 0 Å². The third-order valence-corrected chi connectivity index (χ3v) is 5.13. The zero-order chi connectivity index (χ0) is 25.8. The molecule has 1 aromatic carbocycles. The molecule has 8 nitrogen and oxygen atoms in total. The SMILES string of the molecule is CCC.COC(=O)c1nccc(Nc2cc(-c3cccc(CNSC(C)(C)C)n3)ccc2C=N)n1. The van der Waals surface area contributed by atoms with Gasteiger partial charge in [0, 0.05) is 40.5 Å². The Labute approximate surface area is 212 Å². The summed E-state index contributed by atoms with van der Waals surface area (Å²) < 4.78 is 8.16. The highest BCUT2D eigenvalue weighted by Crippen LogP contribution is 2.26. The molecule has 0 amide bonds. The van der Waals surface area contributed by atoms with Crippen LogP contribution in [0.3, 0.4) is 0 Å². The molecule has 2 heterocycles. The maximum absolute atomic E-state index is 11.7. The Morgan fingerprint density at radius 2 is 1.89 bits per heavy atom. The van der Waals surface area contributed by atoms with E-state index in [2.05, 4.69) is 59.4 Å². The first-order valence-electron chi connectivity index (χ1n) is 11.4. The summed E-state index contributed by atoms with van der Waals surface area (Å²) in [5, 5.41) is 10.9. The first-order valence-corrected chi connectivity index (χ1v) is 12.2. The lowest BCUT2D eigenvalue weighted by molar-refractivity contribution is 0.0587. The Hall–Kier alpha value is -3.30. The molecule has 0 aliphatic carbocycles. The highest BCUT2D eigenvalue weighted by Gasteiger charge is 2.12. The number of aromatic nitrogens is 3. The van der Waals surface area contributed by atoms with Gasteiger partial charge in [0.1, 0.15) is 5.82 Å². The quantitative estimate of drug-likeness (QED) is 0.198. The van der Waals surface area contributed by atoms with E-state index in [4.69, 9.17) is 10.4 Å². The molecule has 35 heavy (non-hydrogen) atoms. The first-order chi connectivity index (χ1) is 16.7. The molecule has 3 N–H and O–H groups in total. The monoisotopic (exact) mass is 494 g/mol. The molecule has 0 saturated heterocycles. The van der Waals surface area contributed by atoms with Crippen LogP contribution in [0.25, 0.3) is 11.3 Å². The smallest absolute Gasteiger partial charge is 0.376 e. The maximum Gasteiger partial charge on any atom is 0.376 e. The van der Waals surface area contributed by atoms with Gasteiger partial charge >= 0.3 is 5.97 Å². The average molecular weight is 495 g/mol. The van der Waals surface area contributed by atoms with E-state index in [1.165, 1.54) is 25.9 Å². The molecule has 0 unspecified atom stereocenters. The molecule has 186 valence electrons. The van der Waals surface area contributed by atoms with E-state index in [-0.39, 0.29) is 10.6 Å². The summed E-state index contributed by atoms with van der Waals surface area (Å²) in [5.74, 6) is -0.236. The number of carbonyl (C=O) groups excluding carboxylic acids is 1. The highest BCUT2D eigenvalue weighted by atomic mass is 32.2. The number of ether oxygens (including phenoxy) is 1. The van der Waals surface area contributed by atoms with Crippen molar-refractivity contribution in [2.45, 2.75) is 52.3 Å². The Balaban J connectivity index is 0.00000137. The van der Waals surface area contributed by atoms with Crippen LogP contribution >= 0.6 is 11.9 Å². The van der Waals surface area contributed by atoms with E-state index >= 15 is 0 Å². The van der Waals surface area contributed by atoms with Crippen molar-refractivity contribution in [3.05, 3.63) is 65.7 Å². The first kappa shape index (κ1) is 27.9. The molecule has 0 spiro atoms. The maximum atomic E-state index is 11.7. The fourth-order valence-corrected chi connectivity index (χ4v) is 3.42. The van der Waals surface area contributed by atoms with Gasteiger partial charge in [-0.3, -0.25) is 9.71 Å². The minimum Gasteiger partial charge on any atom is -0.463 e. The van der Waals surface area contributed by atoms with Crippen LogP contribution in [0, 0.1) is 5.41 Å². The van der Waals surface area contributed by atoms with Crippen LogP contribution in [0.15, 0.2) is 48.7 Å². The van der Waals surface area contributed by atoms with Crippen molar-refractivity contribution in [1.82, 2.24) is 19.7 Å². The zero-order valence-electron chi connectivity index (χ0n) is 21.2. The van der Waals surface area contributed by atoms with Crippen LogP contribution in [0.4, 0.5) is 11.5 Å². The summed E-state index contributed by atoms with van der Waals surface area (Å²) in [6.45, 7) is 11.4. The third kappa shape index (κ3) is 9.11. The summed E-state index contributed by atoms with van der Waals surface area (Å²) in [6, 6.07) is 13.2. The summed E-state index contributed by atoms with van der Waals surface area (Å²) in [7, 11) is 1.28. The molecule has 0 atom stereocenters. The third-order valence-electron chi connectivity index (χ3n) is 4.23. The predicted molar refractivity (Wildman–Crippen MR) is 144 cm³/mol. The van der Waals surface area contributed by atoms with Crippen LogP contribution in [0.5, 0.6) is 0 Å². The van der Waals surface area contributed by atoms with Gasteiger partial charge in [0.2, 0.25) is 5.82 Å². The Kier molecular flexibility index (Phi) is 10.8. The van der Waals surface area contributed by atoms with Gasteiger partial charge in [0.15, 0.2) is 0 Å².